The topological polar surface area (TPSA) is 101 Å². The van der Waals surface area contributed by atoms with E-state index in [-0.39, 0.29) is 18.5 Å². The van der Waals surface area contributed by atoms with E-state index in [4.69, 9.17) is 14.2 Å². The molecule has 3 aromatic carbocycles. The van der Waals surface area contributed by atoms with Gasteiger partial charge in [0.1, 0.15) is 6.61 Å². The van der Waals surface area contributed by atoms with Crippen molar-refractivity contribution in [2.45, 2.75) is 20.5 Å². The van der Waals surface area contributed by atoms with Gasteiger partial charge in [0.05, 0.1) is 44.6 Å². The van der Waals surface area contributed by atoms with Gasteiger partial charge in [0, 0.05) is 12.6 Å². The minimum Gasteiger partial charge on any atom is -0.490 e. The monoisotopic (exact) mass is 667 g/mol. The standard InChI is InChI=1S/C30H26IN3O5S/c1-4-37-25-15-19(14-24(31)27(25)39-18-22-9-7-6-8-21(22)17-32)16-26-28(35)34(3)30(40-26)33-23-12-10-20(11-13-23)29(36)38-5-2/h6-16H,4-5,18H2,1-3H3/b26-16-,33-30?. The number of rotatable bonds is 9. The van der Waals surface area contributed by atoms with Gasteiger partial charge in [-0.05, 0) is 102 Å². The third-order valence-corrected chi connectivity index (χ3v) is 7.61. The highest BCUT2D eigenvalue weighted by molar-refractivity contribution is 14.1. The molecule has 0 aromatic heterocycles. The number of amides is 1. The SMILES string of the molecule is CCOC(=O)c1ccc(N=C2S/C(=C\c3cc(I)c(OCc4ccccc4C#N)c(OCC)c3)C(=O)N2C)cc1. The molecule has 10 heteroatoms. The third kappa shape index (κ3) is 6.84. The number of likely N-dealkylation sites (N-methyl/N-ethyl adjacent to an activating group) is 1. The van der Waals surface area contributed by atoms with Crippen molar-refractivity contribution >= 4 is 63.2 Å². The molecule has 0 N–H and O–H groups in total. The van der Waals surface area contributed by atoms with E-state index >= 15 is 0 Å². The van der Waals surface area contributed by atoms with E-state index in [2.05, 4.69) is 33.7 Å². The van der Waals surface area contributed by atoms with Crippen molar-refractivity contribution in [3.8, 4) is 17.6 Å². The maximum Gasteiger partial charge on any atom is 0.338 e. The average Bonchev–Trinajstić information content (AvgIpc) is 3.21. The van der Waals surface area contributed by atoms with Crippen LogP contribution in [0.4, 0.5) is 5.69 Å². The van der Waals surface area contributed by atoms with E-state index in [1.807, 2.05) is 37.3 Å². The number of halogens is 1. The molecule has 3 aromatic rings. The third-order valence-electron chi connectivity index (χ3n) is 5.75. The number of carbonyl (C=O) groups excluding carboxylic acids is 2. The van der Waals surface area contributed by atoms with Gasteiger partial charge in [-0.2, -0.15) is 5.26 Å². The number of hydrogen-bond donors (Lipinski definition) is 0. The van der Waals surface area contributed by atoms with Crippen LogP contribution in [0.1, 0.15) is 40.9 Å². The average molecular weight is 668 g/mol. The molecule has 40 heavy (non-hydrogen) atoms. The lowest BCUT2D eigenvalue weighted by Gasteiger charge is -2.15. The van der Waals surface area contributed by atoms with Gasteiger partial charge in [-0.1, -0.05) is 18.2 Å². The van der Waals surface area contributed by atoms with Gasteiger partial charge < -0.3 is 14.2 Å². The smallest absolute Gasteiger partial charge is 0.338 e. The van der Waals surface area contributed by atoms with Crippen LogP contribution in [0.2, 0.25) is 0 Å². The van der Waals surface area contributed by atoms with Crippen molar-refractivity contribution in [2.75, 3.05) is 20.3 Å². The van der Waals surface area contributed by atoms with Gasteiger partial charge in [-0.3, -0.25) is 9.69 Å². The molecule has 1 aliphatic heterocycles. The number of ether oxygens (including phenoxy) is 3. The Labute approximate surface area is 250 Å². The summed E-state index contributed by atoms with van der Waals surface area (Å²) < 4.78 is 17.8. The Bertz CT molecular complexity index is 1530. The molecule has 0 unspecified atom stereocenters. The highest BCUT2D eigenvalue weighted by Crippen LogP contribution is 2.38. The Morgan fingerprint density at radius 1 is 1.10 bits per heavy atom. The number of benzene rings is 3. The predicted molar refractivity (Wildman–Crippen MR) is 164 cm³/mol. The molecule has 4 rings (SSSR count). The van der Waals surface area contributed by atoms with Crippen molar-refractivity contribution in [2.24, 2.45) is 4.99 Å². The lowest BCUT2D eigenvalue weighted by atomic mass is 10.1. The Hall–Kier alpha value is -3.82. The summed E-state index contributed by atoms with van der Waals surface area (Å²) in [4.78, 5) is 31.5. The van der Waals surface area contributed by atoms with E-state index in [1.54, 1.807) is 50.4 Å². The van der Waals surface area contributed by atoms with Gasteiger partial charge in [0.15, 0.2) is 16.7 Å². The summed E-state index contributed by atoms with van der Waals surface area (Å²) in [5, 5.41) is 9.90. The number of thioether (sulfide) groups is 1. The van der Waals surface area contributed by atoms with E-state index < -0.39 is 0 Å². The first kappa shape index (κ1) is 29.2. The van der Waals surface area contributed by atoms with Crippen molar-refractivity contribution in [3.63, 3.8) is 0 Å². The van der Waals surface area contributed by atoms with Crippen LogP contribution in [-0.2, 0) is 16.1 Å². The van der Waals surface area contributed by atoms with Crippen molar-refractivity contribution < 1.29 is 23.8 Å². The Morgan fingerprint density at radius 3 is 2.55 bits per heavy atom. The maximum atomic E-state index is 13.0. The van der Waals surface area contributed by atoms with Crippen molar-refractivity contribution in [3.05, 3.63) is 91.4 Å². The summed E-state index contributed by atoms with van der Waals surface area (Å²) in [6.45, 7) is 4.61. The summed E-state index contributed by atoms with van der Waals surface area (Å²) in [6, 6.07) is 20.0. The normalized spacial score (nSPS) is 14.9. The Morgan fingerprint density at radius 2 is 1.85 bits per heavy atom. The van der Waals surface area contributed by atoms with E-state index in [0.29, 0.717) is 51.6 Å². The summed E-state index contributed by atoms with van der Waals surface area (Å²) in [6.07, 6.45) is 1.80. The number of carbonyl (C=O) groups is 2. The van der Waals surface area contributed by atoms with Crippen LogP contribution in [-0.4, -0.2) is 42.2 Å². The molecule has 1 fully saturated rings. The Balaban J connectivity index is 1.56. The van der Waals surface area contributed by atoms with Crippen LogP contribution in [0.5, 0.6) is 11.5 Å². The molecule has 0 bridgehead atoms. The minimum atomic E-state index is -0.390. The fraction of sp³-hybridized carbons (Fsp3) is 0.200. The van der Waals surface area contributed by atoms with E-state index in [0.717, 1.165) is 14.7 Å². The molecule has 1 heterocycles. The summed E-state index contributed by atoms with van der Waals surface area (Å²) in [5.74, 6) is 0.565. The molecule has 0 aliphatic carbocycles. The zero-order chi connectivity index (χ0) is 28.6. The summed E-state index contributed by atoms with van der Waals surface area (Å²) in [7, 11) is 1.67. The molecule has 0 radical (unpaired) electrons. The number of hydrogen-bond acceptors (Lipinski definition) is 8. The largest absolute Gasteiger partial charge is 0.490 e. The first-order valence-electron chi connectivity index (χ1n) is 12.4. The summed E-state index contributed by atoms with van der Waals surface area (Å²) in [5.41, 5.74) is 3.18. The molecule has 1 aliphatic rings. The lowest BCUT2D eigenvalue weighted by molar-refractivity contribution is -0.121. The molecule has 1 saturated heterocycles. The van der Waals surface area contributed by atoms with Crippen LogP contribution >= 0.6 is 34.4 Å². The van der Waals surface area contributed by atoms with E-state index in [9.17, 15) is 14.9 Å². The number of aliphatic imine (C=N–C) groups is 1. The fourth-order valence-corrected chi connectivity index (χ4v) is 5.55. The van der Waals surface area contributed by atoms with Crippen molar-refractivity contribution in [1.29, 1.82) is 5.26 Å². The molecule has 0 atom stereocenters. The second-order valence-corrected chi connectivity index (χ2v) is 10.6. The summed E-state index contributed by atoms with van der Waals surface area (Å²) >= 11 is 3.45. The molecule has 0 saturated carbocycles. The molecular weight excluding hydrogens is 641 g/mol. The number of nitrogens with zero attached hydrogens (tertiary/aromatic N) is 3. The second kappa shape index (κ2) is 13.5. The first-order chi connectivity index (χ1) is 19.3. The number of amidine groups is 1. The molecule has 204 valence electrons. The number of esters is 1. The van der Waals surface area contributed by atoms with Crippen LogP contribution < -0.4 is 9.47 Å². The van der Waals surface area contributed by atoms with Crippen molar-refractivity contribution in [1.82, 2.24) is 4.90 Å². The highest BCUT2D eigenvalue weighted by atomic mass is 127. The highest BCUT2D eigenvalue weighted by Gasteiger charge is 2.30. The first-order valence-corrected chi connectivity index (χ1v) is 14.3. The molecule has 1 amide bonds. The fourth-order valence-electron chi connectivity index (χ4n) is 3.78. The molecular formula is C30H26IN3O5S. The van der Waals surface area contributed by atoms with Crippen LogP contribution in [0, 0.1) is 14.9 Å². The maximum absolute atomic E-state index is 13.0. The van der Waals surface area contributed by atoms with Gasteiger partial charge in [0.2, 0.25) is 0 Å². The van der Waals surface area contributed by atoms with Gasteiger partial charge in [-0.25, -0.2) is 9.79 Å². The van der Waals surface area contributed by atoms with Gasteiger partial charge in [0.25, 0.3) is 5.91 Å². The lowest BCUT2D eigenvalue weighted by Crippen LogP contribution is -2.23. The van der Waals surface area contributed by atoms with Crippen LogP contribution in [0.3, 0.4) is 0 Å². The van der Waals surface area contributed by atoms with Crippen LogP contribution in [0.15, 0.2) is 70.6 Å². The zero-order valence-electron chi connectivity index (χ0n) is 22.1. The zero-order valence-corrected chi connectivity index (χ0v) is 25.1. The Kier molecular flexibility index (Phi) is 9.84. The van der Waals surface area contributed by atoms with Gasteiger partial charge in [-0.15, -0.1) is 0 Å². The van der Waals surface area contributed by atoms with Gasteiger partial charge >= 0.3 is 5.97 Å². The minimum absolute atomic E-state index is 0.173. The predicted octanol–water partition coefficient (Wildman–Crippen LogP) is 6.55. The second-order valence-electron chi connectivity index (χ2n) is 8.46. The molecule has 0 spiro atoms. The van der Waals surface area contributed by atoms with E-state index in [1.165, 1.54) is 16.7 Å². The molecule has 8 nitrogen and oxygen atoms in total. The van der Waals surface area contributed by atoms with Crippen LogP contribution in [0.25, 0.3) is 6.08 Å². The quantitative estimate of drug-likeness (QED) is 0.145. The number of nitriles is 1.